The van der Waals surface area contributed by atoms with Crippen LogP contribution in [0.2, 0.25) is 0 Å². The van der Waals surface area contributed by atoms with Gasteiger partial charge in [-0.1, -0.05) is 36.4 Å². The minimum atomic E-state index is -0.0331. The highest BCUT2D eigenvalue weighted by Crippen LogP contribution is 2.35. The zero-order valence-electron chi connectivity index (χ0n) is 16.3. The molecule has 0 unspecified atom stereocenters. The molecule has 0 bridgehead atoms. The van der Waals surface area contributed by atoms with E-state index in [1.54, 1.807) is 37.4 Å². The standard InChI is InChI=1S/C25H20N2O3/c1-16(20-13-12-19(28)14-24(20)30)27-22-10-5-8-17-7-4-9-21(25(17)22)26-15-18-6-2-3-11-23(18)29/h2-15,28-30H,1H3. The summed E-state index contributed by atoms with van der Waals surface area (Å²) in [5, 5.41) is 31.5. The van der Waals surface area contributed by atoms with Gasteiger partial charge in [-0.2, -0.15) is 0 Å². The summed E-state index contributed by atoms with van der Waals surface area (Å²) in [6.07, 6.45) is 1.63. The normalized spacial score (nSPS) is 12.0. The Bertz CT molecular complexity index is 1290. The van der Waals surface area contributed by atoms with Gasteiger partial charge in [-0.3, -0.25) is 9.98 Å². The van der Waals surface area contributed by atoms with E-state index in [0.717, 1.165) is 16.5 Å². The molecule has 0 aromatic heterocycles. The van der Waals surface area contributed by atoms with Gasteiger partial charge in [-0.25, -0.2) is 0 Å². The number of rotatable bonds is 4. The molecule has 5 heteroatoms. The SMILES string of the molecule is CC(=Nc1cccc2cccc(N=Cc3ccccc3O)c12)c1ccc(O)cc1O. The molecule has 0 saturated carbocycles. The van der Waals surface area contributed by atoms with Crippen LogP contribution in [-0.2, 0) is 0 Å². The van der Waals surface area contributed by atoms with Crippen molar-refractivity contribution in [2.45, 2.75) is 6.92 Å². The van der Waals surface area contributed by atoms with Crippen molar-refractivity contribution in [2.75, 3.05) is 0 Å². The smallest absolute Gasteiger partial charge is 0.128 e. The Morgan fingerprint density at radius 3 is 2.23 bits per heavy atom. The summed E-state index contributed by atoms with van der Waals surface area (Å²) in [5.74, 6) is 0.127. The van der Waals surface area contributed by atoms with Crippen LogP contribution in [0.15, 0.2) is 88.8 Å². The van der Waals surface area contributed by atoms with Gasteiger partial charge in [0, 0.05) is 34.5 Å². The monoisotopic (exact) mass is 396 g/mol. The highest BCUT2D eigenvalue weighted by Gasteiger charge is 2.09. The molecule has 0 saturated heterocycles. The first-order chi connectivity index (χ1) is 14.5. The fourth-order valence-electron chi connectivity index (χ4n) is 3.31. The van der Waals surface area contributed by atoms with E-state index in [1.807, 2.05) is 42.5 Å². The van der Waals surface area contributed by atoms with Gasteiger partial charge in [0.15, 0.2) is 0 Å². The van der Waals surface area contributed by atoms with Crippen LogP contribution in [0.4, 0.5) is 11.4 Å². The van der Waals surface area contributed by atoms with Crippen molar-refractivity contribution in [1.29, 1.82) is 0 Å². The number of hydrogen-bond acceptors (Lipinski definition) is 5. The number of aromatic hydroxyl groups is 3. The Labute approximate surface area is 173 Å². The van der Waals surface area contributed by atoms with Crippen LogP contribution < -0.4 is 0 Å². The molecule has 148 valence electrons. The predicted molar refractivity (Wildman–Crippen MR) is 121 cm³/mol. The number of benzene rings is 4. The minimum absolute atomic E-state index is 0.00463. The van der Waals surface area contributed by atoms with Crippen molar-refractivity contribution in [3.05, 3.63) is 90.0 Å². The topological polar surface area (TPSA) is 85.4 Å². The van der Waals surface area contributed by atoms with Crippen molar-refractivity contribution in [2.24, 2.45) is 9.98 Å². The van der Waals surface area contributed by atoms with Gasteiger partial charge in [-0.05, 0) is 48.7 Å². The average molecular weight is 396 g/mol. The van der Waals surface area contributed by atoms with Gasteiger partial charge in [0.1, 0.15) is 17.2 Å². The van der Waals surface area contributed by atoms with Crippen LogP contribution >= 0.6 is 0 Å². The van der Waals surface area contributed by atoms with Gasteiger partial charge >= 0.3 is 0 Å². The third-order valence-electron chi connectivity index (χ3n) is 4.80. The zero-order valence-corrected chi connectivity index (χ0v) is 16.3. The number of phenols is 3. The Morgan fingerprint density at radius 1 is 0.767 bits per heavy atom. The van der Waals surface area contributed by atoms with E-state index >= 15 is 0 Å². The van der Waals surface area contributed by atoms with E-state index < -0.39 is 0 Å². The summed E-state index contributed by atoms with van der Waals surface area (Å²) in [5.41, 5.74) is 3.21. The van der Waals surface area contributed by atoms with Gasteiger partial charge in [-0.15, -0.1) is 0 Å². The molecule has 0 aliphatic carbocycles. The molecule has 0 heterocycles. The molecule has 0 atom stereocenters. The van der Waals surface area contributed by atoms with Crippen LogP contribution in [0, 0.1) is 0 Å². The molecule has 0 radical (unpaired) electrons. The van der Waals surface area contributed by atoms with E-state index in [-0.39, 0.29) is 17.2 Å². The Hall–Kier alpha value is -4.12. The van der Waals surface area contributed by atoms with E-state index in [0.29, 0.717) is 22.5 Å². The maximum absolute atomic E-state index is 10.2. The second-order valence-corrected chi connectivity index (χ2v) is 6.87. The van der Waals surface area contributed by atoms with Crippen molar-refractivity contribution in [3.63, 3.8) is 0 Å². The van der Waals surface area contributed by atoms with Crippen LogP contribution in [-0.4, -0.2) is 27.2 Å². The quantitative estimate of drug-likeness (QED) is 0.378. The summed E-state index contributed by atoms with van der Waals surface area (Å²) in [6.45, 7) is 1.80. The molecular weight excluding hydrogens is 376 g/mol. The van der Waals surface area contributed by atoms with E-state index in [1.165, 1.54) is 12.1 Å². The van der Waals surface area contributed by atoms with Gasteiger partial charge in [0.25, 0.3) is 0 Å². The van der Waals surface area contributed by atoms with E-state index in [9.17, 15) is 15.3 Å². The van der Waals surface area contributed by atoms with Crippen LogP contribution in [0.25, 0.3) is 10.8 Å². The van der Waals surface area contributed by atoms with Crippen molar-refractivity contribution in [3.8, 4) is 17.2 Å². The number of nitrogens with zero attached hydrogens (tertiary/aromatic N) is 2. The van der Waals surface area contributed by atoms with Crippen molar-refractivity contribution < 1.29 is 15.3 Å². The molecule has 0 aliphatic heterocycles. The lowest BCUT2D eigenvalue weighted by Gasteiger charge is -2.09. The molecule has 0 aliphatic rings. The second kappa shape index (κ2) is 8.09. The van der Waals surface area contributed by atoms with Crippen LogP contribution in [0.1, 0.15) is 18.1 Å². The number of fused-ring (bicyclic) bond motifs is 1. The average Bonchev–Trinajstić information content (AvgIpc) is 2.73. The maximum Gasteiger partial charge on any atom is 0.128 e. The first-order valence-corrected chi connectivity index (χ1v) is 9.44. The lowest BCUT2D eigenvalue weighted by Crippen LogP contribution is -1.94. The number of hydrogen-bond donors (Lipinski definition) is 3. The summed E-state index contributed by atoms with van der Waals surface area (Å²) in [6, 6.07) is 23.0. The highest BCUT2D eigenvalue weighted by molar-refractivity contribution is 6.08. The Kier molecular flexibility index (Phi) is 5.18. The number of phenolic OH excluding ortho intramolecular Hbond substituents is 3. The fraction of sp³-hybridized carbons (Fsp3) is 0.0400. The molecule has 4 aromatic carbocycles. The van der Waals surface area contributed by atoms with Crippen LogP contribution in [0.3, 0.4) is 0 Å². The molecule has 5 nitrogen and oxygen atoms in total. The second-order valence-electron chi connectivity index (χ2n) is 6.87. The summed E-state index contributed by atoms with van der Waals surface area (Å²) in [4.78, 5) is 9.33. The molecular formula is C25H20N2O3. The third kappa shape index (κ3) is 3.86. The predicted octanol–water partition coefficient (Wildman–Crippen LogP) is 5.85. The lowest BCUT2D eigenvalue weighted by molar-refractivity contribution is 0.450. The molecule has 0 fully saturated rings. The molecule has 4 aromatic rings. The summed E-state index contributed by atoms with van der Waals surface area (Å²) < 4.78 is 0. The zero-order chi connectivity index (χ0) is 21.1. The largest absolute Gasteiger partial charge is 0.508 e. The molecule has 0 spiro atoms. The molecule has 0 amide bonds. The minimum Gasteiger partial charge on any atom is -0.508 e. The third-order valence-corrected chi connectivity index (χ3v) is 4.80. The first-order valence-electron chi connectivity index (χ1n) is 9.44. The fourth-order valence-corrected chi connectivity index (χ4v) is 3.31. The van der Waals surface area contributed by atoms with Gasteiger partial charge in [0.2, 0.25) is 0 Å². The van der Waals surface area contributed by atoms with Gasteiger partial charge < -0.3 is 15.3 Å². The summed E-state index contributed by atoms with van der Waals surface area (Å²) in [7, 11) is 0. The van der Waals surface area contributed by atoms with Crippen LogP contribution in [0.5, 0.6) is 17.2 Å². The number of para-hydroxylation sites is 1. The maximum atomic E-state index is 10.2. The summed E-state index contributed by atoms with van der Waals surface area (Å²) >= 11 is 0. The molecule has 3 N–H and O–H groups in total. The van der Waals surface area contributed by atoms with Crippen molar-refractivity contribution in [1.82, 2.24) is 0 Å². The lowest BCUT2D eigenvalue weighted by atomic mass is 10.1. The highest BCUT2D eigenvalue weighted by atomic mass is 16.3. The van der Waals surface area contributed by atoms with Crippen molar-refractivity contribution >= 4 is 34.1 Å². The number of aliphatic imine (C=N–C) groups is 2. The molecule has 4 rings (SSSR count). The van der Waals surface area contributed by atoms with E-state index in [2.05, 4.69) is 4.99 Å². The van der Waals surface area contributed by atoms with Gasteiger partial charge in [0.05, 0.1) is 11.4 Å². The Balaban J connectivity index is 1.82. The molecule has 30 heavy (non-hydrogen) atoms. The first kappa shape index (κ1) is 19.2. The van der Waals surface area contributed by atoms with E-state index in [4.69, 9.17) is 4.99 Å². The Morgan fingerprint density at radius 2 is 1.50 bits per heavy atom.